The minimum atomic E-state index is -5.77. The topological polar surface area (TPSA) is 40.5 Å². The highest BCUT2D eigenvalue weighted by atomic mass is 19.4. The second-order valence-electron chi connectivity index (χ2n) is 4.26. The molecular formula is C8H8F6O2. The first kappa shape index (κ1) is 12.0. The third-order valence-corrected chi connectivity index (χ3v) is 3.56. The van der Waals surface area contributed by atoms with E-state index in [2.05, 4.69) is 0 Å². The summed E-state index contributed by atoms with van der Waals surface area (Å²) in [7, 11) is 0. The highest BCUT2D eigenvalue weighted by Crippen LogP contribution is 2.66. The van der Waals surface area contributed by atoms with Gasteiger partial charge >= 0.3 is 6.18 Å². The van der Waals surface area contributed by atoms with Gasteiger partial charge in [-0.25, -0.2) is 13.2 Å². The van der Waals surface area contributed by atoms with Crippen LogP contribution >= 0.6 is 0 Å². The van der Waals surface area contributed by atoms with Crippen LogP contribution in [0, 0.1) is 11.8 Å². The molecule has 0 aromatic rings. The molecule has 5 atom stereocenters. The zero-order valence-corrected chi connectivity index (χ0v) is 7.68. The maximum atomic E-state index is 13.6. The number of aliphatic hydroxyl groups is 2. The quantitative estimate of drug-likeness (QED) is 0.635. The van der Waals surface area contributed by atoms with Gasteiger partial charge in [-0.15, -0.1) is 0 Å². The molecule has 2 N–H and O–H groups in total. The van der Waals surface area contributed by atoms with Gasteiger partial charge in [0.2, 0.25) is 0 Å². The van der Waals surface area contributed by atoms with Crippen molar-refractivity contribution in [2.75, 3.05) is 0 Å². The molecule has 94 valence electrons. The van der Waals surface area contributed by atoms with Crippen molar-refractivity contribution in [1.82, 2.24) is 0 Å². The first-order valence-corrected chi connectivity index (χ1v) is 4.54. The summed E-state index contributed by atoms with van der Waals surface area (Å²) in [4.78, 5) is 0. The lowest BCUT2D eigenvalue weighted by atomic mass is 9.79. The van der Waals surface area contributed by atoms with Crippen LogP contribution in [0.1, 0.15) is 6.42 Å². The molecule has 0 spiro atoms. The smallest absolute Gasteiger partial charge is 0.390 e. The minimum Gasteiger partial charge on any atom is -0.390 e. The predicted molar refractivity (Wildman–Crippen MR) is 38.5 cm³/mol. The largest absolute Gasteiger partial charge is 0.428 e. The third-order valence-electron chi connectivity index (χ3n) is 3.56. The lowest BCUT2D eigenvalue weighted by molar-refractivity contribution is -0.336. The van der Waals surface area contributed by atoms with Crippen LogP contribution in [0.25, 0.3) is 0 Å². The van der Waals surface area contributed by atoms with Crippen molar-refractivity contribution in [1.29, 1.82) is 0 Å². The van der Waals surface area contributed by atoms with E-state index < -0.39 is 48.2 Å². The Hall–Kier alpha value is -0.500. The van der Waals surface area contributed by atoms with Gasteiger partial charge in [0.15, 0.2) is 0 Å². The van der Waals surface area contributed by atoms with Crippen molar-refractivity contribution in [3.8, 4) is 0 Å². The zero-order chi connectivity index (χ0) is 12.5. The molecule has 0 heterocycles. The predicted octanol–water partition coefficient (Wildman–Crippen LogP) is 1.26. The molecule has 2 aliphatic rings. The number of fused-ring (bicyclic) bond motifs is 2. The Labute approximate surface area is 85.9 Å². The number of halogens is 6. The summed E-state index contributed by atoms with van der Waals surface area (Å²) in [5.41, 5.74) is -4.75. The summed E-state index contributed by atoms with van der Waals surface area (Å²) in [6.45, 7) is 0. The van der Waals surface area contributed by atoms with E-state index in [1.54, 1.807) is 0 Å². The molecule has 0 amide bonds. The summed E-state index contributed by atoms with van der Waals surface area (Å²) in [5.74, 6) is -9.18. The molecule has 0 radical (unpaired) electrons. The molecule has 16 heavy (non-hydrogen) atoms. The fraction of sp³-hybridized carbons (Fsp3) is 1.00. The molecule has 2 bridgehead atoms. The summed E-state index contributed by atoms with van der Waals surface area (Å²) in [6.07, 6.45) is -10.7. The van der Waals surface area contributed by atoms with Crippen LogP contribution < -0.4 is 0 Å². The molecule has 0 saturated heterocycles. The molecule has 2 saturated carbocycles. The lowest BCUT2D eigenvalue weighted by Gasteiger charge is -2.41. The van der Waals surface area contributed by atoms with Crippen molar-refractivity contribution >= 4 is 0 Å². The monoisotopic (exact) mass is 250 g/mol. The molecule has 2 aliphatic carbocycles. The van der Waals surface area contributed by atoms with Gasteiger partial charge < -0.3 is 10.2 Å². The van der Waals surface area contributed by atoms with Crippen molar-refractivity contribution in [3.05, 3.63) is 0 Å². The third kappa shape index (κ3) is 1.02. The second-order valence-corrected chi connectivity index (χ2v) is 4.26. The van der Waals surface area contributed by atoms with E-state index in [1.807, 2.05) is 0 Å². The highest BCUT2D eigenvalue weighted by molar-refractivity contribution is 5.21. The summed E-state index contributed by atoms with van der Waals surface area (Å²) < 4.78 is 77.1. The minimum absolute atomic E-state index is 0.870. The van der Waals surface area contributed by atoms with Crippen molar-refractivity contribution < 1.29 is 36.6 Å². The van der Waals surface area contributed by atoms with Gasteiger partial charge in [0.05, 0.1) is 18.1 Å². The van der Waals surface area contributed by atoms with Crippen LogP contribution in [-0.4, -0.2) is 40.2 Å². The molecule has 8 heteroatoms. The second kappa shape index (κ2) is 2.84. The van der Waals surface area contributed by atoms with Gasteiger partial charge in [-0.05, 0) is 6.42 Å². The van der Waals surface area contributed by atoms with Gasteiger partial charge in [-0.3, -0.25) is 0 Å². The molecule has 2 nitrogen and oxygen atoms in total. The van der Waals surface area contributed by atoms with E-state index in [9.17, 15) is 26.3 Å². The van der Waals surface area contributed by atoms with Gasteiger partial charge in [-0.1, -0.05) is 0 Å². The van der Waals surface area contributed by atoms with Crippen LogP contribution in [0.5, 0.6) is 0 Å². The van der Waals surface area contributed by atoms with E-state index in [1.165, 1.54) is 0 Å². The standard InChI is InChI=1S/C8H8F6O2/c9-6(8(12,13)14)2-1-3(7(6,10)11)5(16)4(2)15/h2-5,15-16H,1H2. The first-order valence-electron chi connectivity index (χ1n) is 4.54. The average Bonchev–Trinajstić information content (AvgIpc) is 2.50. The van der Waals surface area contributed by atoms with Crippen molar-refractivity contribution in [3.63, 3.8) is 0 Å². The molecule has 5 unspecified atom stereocenters. The van der Waals surface area contributed by atoms with Gasteiger partial charge in [-0.2, -0.15) is 13.2 Å². The lowest BCUT2D eigenvalue weighted by Crippen LogP contribution is -2.65. The molecule has 0 aromatic carbocycles. The normalized spacial score (nSPS) is 51.0. The number of aliphatic hydroxyl groups excluding tert-OH is 2. The maximum Gasteiger partial charge on any atom is 0.428 e. The van der Waals surface area contributed by atoms with Crippen LogP contribution in [-0.2, 0) is 0 Å². The number of rotatable bonds is 0. The fourth-order valence-corrected chi connectivity index (χ4v) is 2.70. The summed E-state index contributed by atoms with van der Waals surface area (Å²) in [5, 5.41) is 18.2. The zero-order valence-electron chi connectivity index (χ0n) is 7.68. The van der Waals surface area contributed by atoms with E-state index in [-0.39, 0.29) is 0 Å². The van der Waals surface area contributed by atoms with E-state index in [4.69, 9.17) is 10.2 Å². The van der Waals surface area contributed by atoms with Crippen molar-refractivity contribution in [2.45, 2.75) is 36.4 Å². The van der Waals surface area contributed by atoms with E-state index in [0.29, 0.717) is 0 Å². The van der Waals surface area contributed by atoms with E-state index >= 15 is 0 Å². The fourth-order valence-electron chi connectivity index (χ4n) is 2.70. The highest BCUT2D eigenvalue weighted by Gasteiger charge is 2.85. The van der Waals surface area contributed by atoms with Crippen LogP contribution in [0.2, 0.25) is 0 Å². The Morgan fingerprint density at radius 1 is 0.938 bits per heavy atom. The number of hydrogen-bond donors (Lipinski definition) is 2. The Kier molecular flexibility index (Phi) is 2.13. The number of hydrogen-bond acceptors (Lipinski definition) is 2. The Morgan fingerprint density at radius 3 is 1.75 bits per heavy atom. The Bertz CT molecular complexity index is 316. The van der Waals surface area contributed by atoms with Crippen LogP contribution in [0.3, 0.4) is 0 Å². The summed E-state index contributed by atoms with van der Waals surface area (Å²) >= 11 is 0. The molecule has 2 fully saturated rings. The maximum absolute atomic E-state index is 13.6. The van der Waals surface area contributed by atoms with Gasteiger partial charge in [0.1, 0.15) is 0 Å². The van der Waals surface area contributed by atoms with Gasteiger partial charge in [0.25, 0.3) is 11.6 Å². The SMILES string of the molecule is OC1C(O)C2CC1C(F)(F)C2(F)C(F)(F)F. The Morgan fingerprint density at radius 2 is 1.38 bits per heavy atom. The molecule has 0 aromatic heterocycles. The van der Waals surface area contributed by atoms with Crippen LogP contribution in [0.15, 0.2) is 0 Å². The summed E-state index contributed by atoms with van der Waals surface area (Å²) in [6, 6.07) is 0. The molecule has 0 aliphatic heterocycles. The molecule has 2 rings (SSSR count). The first-order chi connectivity index (χ1) is 7.05. The van der Waals surface area contributed by atoms with Crippen molar-refractivity contribution in [2.24, 2.45) is 11.8 Å². The number of alkyl halides is 6. The Balaban J connectivity index is 2.50. The van der Waals surface area contributed by atoms with E-state index in [0.717, 1.165) is 0 Å². The molecular weight excluding hydrogens is 242 g/mol. The van der Waals surface area contributed by atoms with Crippen LogP contribution in [0.4, 0.5) is 26.3 Å². The average molecular weight is 250 g/mol. The van der Waals surface area contributed by atoms with Gasteiger partial charge in [0, 0.05) is 5.92 Å².